The zero-order valence-electron chi connectivity index (χ0n) is 23.2. The molecule has 0 aromatic heterocycles. The van der Waals surface area contributed by atoms with Crippen molar-refractivity contribution >= 4 is 46.3 Å². The van der Waals surface area contributed by atoms with E-state index in [1.165, 1.54) is 18.0 Å². The van der Waals surface area contributed by atoms with Gasteiger partial charge in [0, 0.05) is 19.4 Å². The van der Waals surface area contributed by atoms with E-state index in [1.807, 2.05) is 50.3 Å². The molecule has 2 rings (SSSR count). The van der Waals surface area contributed by atoms with Crippen LogP contribution < -0.4 is 10.6 Å². The van der Waals surface area contributed by atoms with Gasteiger partial charge in [-0.05, 0) is 86.7 Å². The third-order valence-corrected chi connectivity index (χ3v) is 7.53. The minimum Gasteiger partial charge on any atom is -0.507 e. The lowest BCUT2D eigenvalue weighted by atomic mass is 9.95. The van der Waals surface area contributed by atoms with Crippen LogP contribution in [-0.2, 0) is 30.3 Å². The Morgan fingerprint density at radius 1 is 1.03 bits per heavy atom. The van der Waals surface area contributed by atoms with Crippen LogP contribution in [0.1, 0.15) is 59.9 Å². The maximum atomic E-state index is 13.4. The summed E-state index contributed by atoms with van der Waals surface area (Å²) in [6.07, 6.45) is 2.96. The van der Waals surface area contributed by atoms with Gasteiger partial charge >= 0.3 is 5.97 Å². The first-order valence-corrected chi connectivity index (χ1v) is 14.0. The Morgan fingerprint density at radius 2 is 1.66 bits per heavy atom. The van der Waals surface area contributed by atoms with E-state index >= 15 is 0 Å². The molecule has 1 aromatic carbocycles. The van der Waals surface area contributed by atoms with Crippen molar-refractivity contribution < 1.29 is 29.0 Å². The molecule has 38 heavy (non-hydrogen) atoms. The van der Waals surface area contributed by atoms with E-state index in [4.69, 9.17) is 4.74 Å². The molecule has 3 N–H and O–H groups in total. The van der Waals surface area contributed by atoms with E-state index in [0.717, 1.165) is 11.1 Å². The zero-order valence-corrected chi connectivity index (χ0v) is 25.4. The minimum absolute atomic E-state index is 0.114. The lowest BCUT2D eigenvalue weighted by Gasteiger charge is -2.31. The number of likely N-dealkylation sites (N-methyl/N-ethyl adjacent to an activating group) is 1. The summed E-state index contributed by atoms with van der Waals surface area (Å²) in [7, 11) is 1.50. The monoisotopic (exact) mass is 641 g/mol. The molecular weight excluding hydrogens is 601 g/mol. The van der Waals surface area contributed by atoms with E-state index in [9.17, 15) is 24.3 Å². The van der Waals surface area contributed by atoms with Crippen molar-refractivity contribution in [3.05, 3.63) is 39.0 Å². The summed E-state index contributed by atoms with van der Waals surface area (Å²) in [5.41, 5.74) is 1.76. The highest BCUT2D eigenvalue weighted by atomic mass is 127. The number of ether oxygens (including phenoxy) is 1. The molecule has 10 heteroatoms. The van der Waals surface area contributed by atoms with Gasteiger partial charge in [0.25, 0.3) is 0 Å². The second-order valence-corrected chi connectivity index (χ2v) is 11.7. The quantitative estimate of drug-likeness (QED) is 0.259. The van der Waals surface area contributed by atoms with Crippen molar-refractivity contribution in [3.8, 4) is 5.75 Å². The van der Waals surface area contributed by atoms with Gasteiger partial charge in [0.15, 0.2) is 0 Å². The Kier molecular flexibility index (Phi) is 11.6. The number of rotatable bonds is 2. The van der Waals surface area contributed by atoms with Crippen LogP contribution in [0.2, 0.25) is 0 Å². The molecule has 1 aliphatic heterocycles. The first-order valence-electron chi connectivity index (χ1n) is 12.9. The van der Waals surface area contributed by atoms with Gasteiger partial charge in [0.2, 0.25) is 17.7 Å². The molecule has 0 saturated heterocycles. The predicted molar refractivity (Wildman–Crippen MR) is 153 cm³/mol. The van der Waals surface area contributed by atoms with E-state index in [0.29, 0.717) is 16.4 Å². The van der Waals surface area contributed by atoms with Gasteiger partial charge < -0.3 is 25.4 Å². The van der Waals surface area contributed by atoms with Gasteiger partial charge in [-0.25, -0.2) is 4.79 Å². The number of phenolic OH excluding ortho intramolecular Hbond substituents is 1. The van der Waals surface area contributed by atoms with Gasteiger partial charge in [-0.2, -0.15) is 0 Å². The minimum atomic E-state index is -0.976. The van der Waals surface area contributed by atoms with Crippen molar-refractivity contribution in [2.24, 2.45) is 11.8 Å². The number of nitrogens with zero attached hydrogens (tertiary/aromatic N) is 1. The number of allylic oxidation sites excluding steroid dienone is 2. The summed E-state index contributed by atoms with van der Waals surface area (Å²) < 4.78 is 6.20. The summed E-state index contributed by atoms with van der Waals surface area (Å²) in [6, 6.07) is 2.17. The molecule has 3 amide bonds. The molecule has 1 aliphatic rings. The molecule has 6 atom stereocenters. The van der Waals surface area contributed by atoms with Gasteiger partial charge in [-0.15, -0.1) is 0 Å². The van der Waals surface area contributed by atoms with Crippen LogP contribution in [0.4, 0.5) is 0 Å². The standard InChI is InChI=1S/C28H40IN3O6/c1-15-10-16(2)12-18(4)38-28(37)20(6)31-26(35)23(14-21-8-9-24(33)22(29)13-21)32(7)27(36)19(5)30-25(34)17(3)11-15/h8-10,13,16-20,23,33H,11-12,14H2,1-7H3,(H,30,34)(H,31,35). The number of aromatic hydroxyl groups is 1. The summed E-state index contributed by atoms with van der Waals surface area (Å²) in [6.45, 7) is 10.7. The molecule has 0 bridgehead atoms. The molecule has 0 saturated carbocycles. The SMILES string of the molecule is CC1=CC(C)CC(C)OC(=O)C(C)NC(=O)C(Cc2ccc(O)c(I)c2)N(C)C(=O)C(C)NC(=O)C(C)C1. The molecule has 1 aromatic rings. The number of hydrogen-bond acceptors (Lipinski definition) is 6. The van der Waals surface area contributed by atoms with Crippen molar-refractivity contribution in [2.75, 3.05) is 7.05 Å². The number of carbonyl (C=O) groups excluding carboxylic acids is 4. The first kappa shape index (κ1) is 31.6. The number of phenols is 1. The summed E-state index contributed by atoms with van der Waals surface area (Å²) in [4.78, 5) is 53.7. The number of cyclic esters (lactones) is 1. The van der Waals surface area contributed by atoms with Crippen LogP contribution in [0, 0.1) is 15.4 Å². The molecule has 0 radical (unpaired) electrons. The predicted octanol–water partition coefficient (Wildman–Crippen LogP) is 3.32. The molecule has 9 nitrogen and oxygen atoms in total. The molecule has 6 unspecified atom stereocenters. The Bertz CT molecular complexity index is 1070. The van der Waals surface area contributed by atoms with Gasteiger partial charge in [0.1, 0.15) is 23.9 Å². The van der Waals surface area contributed by atoms with Crippen LogP contribution in [-0.4, -0.2) is 65.0 Å². The van der Waals surface area contributed by atoms with Crippen molar-refractivity contribution in [1.82, 2.24) is 15.5 Å². The lowest BCUT2D eigenvalue weighted by molar-refractivity contribution is -0.153. The average Bonchev–Trinajstić information content (AvgIpc) is 2.82. The lowest BCUT2D eigenvalue weighted by Crippen LogP contribution is -2.56. The normalized spacial score (nSPS) is 28.9. The summed E-state index contributed by atoms with van der Waals surface area (Å²) in [5.74, 6) is -1.89. The number of esters is 1. The van der Waals surface area contributed by atoms with Crippen LogP contribution in [0.25, 0.3) is 0 Å². The zero-order chi connectivity index (χ0) is 28.7. The third-order valence-electron chi connectivity index (χ3n) is 6.67. The van der Waals surface area contributed by atoms with Crippen LogP contribution in [0.15, 0.2) is 29.8 Å². The third kappa shape index (κ3) is 8.99. The second kappa shape index (κ2) is 14.0. The fourth-order valence-corrected chi connectivity index (χ4v) is 5.20. The Balaban J connectivity index is 2.40. The Hall–Kier alpha value is -2.63. The van der Waals surface area contributed by atoms with Gasteiger partial charge in [0.05, 0.1) is 9.67 Å². The Labute approximate surface area is 238 Å². The van der Waals surface area contributed by atoms with E-state index in [-0.39, 0.29) is 36.0 Å². The topological polar surface area (TPSA) is 125 Å². The van der Waals surface area contributed by atoms with Crippen LogP contribution in [0.3, 0.4) is 0 Å². The van der Waals surface area contributed by atoms with E-state index in [1.54, 1.807) is 26.0 Å². The van der Waals surface area contributed by atoms with Crippen molar-refractivity contribution in [1.29, 1.82) is 0 Å². The highest BCUT2D eigenvalue weighted by molar-refractivity contribution is 14.1. The molecule has 0 spiro atoms. The highest BCUT2D eigenvalue weighted by Gasteiger charge is 2.33. The Morgan fingerprint density at radius 3 is 2.29 bits per heavy atom. The van der Waals surface area contributed by atoms with Crippen LogP contribution in [0.5, 0.6) is 5.75 Å². The molecule has 0 aliphatic carbocycles. The molecular formula is C28H40IN3O6. The first-order chi connectivity index (χ1) is 17.7. The van der Waals surface area contributed by atoms with Crippen LogP contribution >= 0.6 is 22.6 Å². The largest absolute Gasteiger partial charge is 0.507 e. The smallest absolute Gasteiger partial charge is 0.328 e. The maximum Gasteiger partial charge on any atom is 0.328 e. The number of benzene rings is 1. The van der Waals surface area contributed by atoms with Crippen molar-refractivity contribution in [3.63, 3.8) is 0 Å². The summed E-state index contributed by atoms with van der Waals surface area (Å²) in [5, 5.41) is 15.4. The second-order valence-electron chi connectivity index (χ2n) is 10.5. The number of amides is 3. The van der Waals surface area contributed by atoms with Gasteiger partial charge in [-0.3, -0.25) is 14.4 Å². The highest BCUT2D eigenvalue weighted by Crippen LogP contribution is 2.22. The molecule has 0 fully saturated rings. The number of halogens is 1. The van der Waals surface area contributed by atoms with Gasteiger partial charge in [-0.1, -0.05) is 31.6 Å². The summed E-state index contributed by atoms with van der Waals surface area (Å²) >= 11 is 1.99. The van der Waals surface area contributed by atoms with E-state index < -0.39 is 35.9 Å². The molecule has 210 valence electrons. The molecule has 1 heterocycles. The fraction of sp³-hybridized carbons (Fsp3) is 0.571. The number of hydrogen-bond donors (Lipinski definition) is 3. The van der Waals surface area contributed by atoms with Crippen molar-refractivity contribution in [2.45, 2.75) is 85.0 Å². The fourth-order valence-electron chi connectivity index (χ4n) is 4.62. The average molecular weight is 642 g/mol. The number of nitrogens with one attached hydrogen (secondary N) is 2. The number of carbonyl (C=O) groups is 4. The van der Waals surface area contributed by atoms with E-state index in [2.05, 4.69) is 16.7 Å². The maximum absolute atomic E-state index is 13.4.